The molecule has 4 nitrogen and oxygen atoms in total. The maximum atomic E-state index is 12.7. The largest absolute Gasteiger partial charge is 0.479 e. The van der Waals surface area contributed by atoms with E-state index in [1.165, 1.54) is 37.3 Å². The van der Waals surface area contributed by atoms with Crippen LogP contribution < -0.4 is 10.1 Å². The number of carbonyl (C=O) groups is 1. The van der Waals surface area contributed by atoms with Crippen LogP contribution in [0.5, 0.6) is 5.75 Å². The molecule has 0 heterocycles. The van der Waals surface area contributed by atoms with Gasteiger partial charge in [0.2, 0.25) is 0 Å². The van der Waals surface area contributed by atoms with Gasteiger partial charge < -0.3 is 10.1 Å². The Labute approximate surface area is 146 Å². The molecule has 1 amide bonds. The van der Waals surface area contributed by atoms with Crippen molar-refractivity contribution in [3.8, 4) is 11.8 Å². The third-order valence-corrected chi connectivity index (χ3v) is 3.49. The summed E-state index contributed by atoms with van der Waals surface area (Å²) in [5.74, 6) is -0.452. The van der Waals surface area contributed by atoms with E-state index in [1.54, 1.807) is 0 Å². The van der Waals surface area contributed by atoms with Gasteiger partial charge in [0.05, 0.1) is 22.2 Å². The molecule has 0 aliphatic carbocycles. The van der Waals surface area contributed by atoms with Gasteiger partial charge in [-0.25, -0.2) is 0 Å². The molecule has 0 aromatic heterocycles. The third kappa shape index (κ3) is 4.88. The lowest BCUT2D eigenvalue weighted by atomic mass is 10.2. The molecule has 2 rings (SSSR count). The van der Waals surface area contributed by atoms with Crippen LogP contribution in [0.3, 0.4) is 0 Å². The highest BCUT2D eigenvalue weighted by atomic mass is 35.5. The molecular weight excluding hydrogens is 357 g/mol. The number of hydrogen-bond donors (Lipinski definition) is 1. The smallest absolute Gasteiger partial charge is 0.416 e. The van der Waals surface area contributed by atoms with Crippen molar-refractivity contribution < 1.29 is 22.7 Å². The minimum Gasteiger partial charge on any atom is -0.479 e. The van der Waals surface area contributed by atoms with Crippen molar-refractivity contribution in [2.45, 2.75) is 19.2 Å². The van der Waals surface area contributed by atoms with Crippen LogP contribution in [0.2, 0.25) is 5.02 Å². The molecule has 0 unspecified atom stereocenters. The van der Waals surface area contributed by atoms with Gasteiger partial charge in [-0.3, -0.25) is 4.79 Å². The lowest BCUT2D eigenvalue weighted by Crippen LogP contribution is -2.30. The van der Waals surface area contributed by atoms with Gasteiger partial charge in [-0.2, -0.15) is 18.4 Å². The van der Waals surface area contributed by atoms with E-state index >= 15 is 0 Å². The Balaban J connectivity index is 2.07. The van der Waals surface area contributed by atoms with E-state index < -0.39 is 23.8 Å². The number of anilines is 1. The molecule has 0 fully saturated rings. The van der Waals surface area contributed by atoms with Crippen LogP contribution in [0.4, 0.5) is 18.9 Å². The summed E-state index contributed by atoms with van der Waals surface area (Å²) in [5, 5.41) is 11.3. The summed E-state index contributed by atoms with van der Waals surface area (Å²) >= 11 is 5.96. The molecule has 25 heavy (non-hydrogen) atoms. The van der Waals surface area contributed by atoms with E-state index in [0.717, 1.165) is 12.1 Å². The van der Waals surface area contributed by atoms with Crippen molar-refractivity contribution in [2.75, 3.05) is 5.32 Å². The van der Waals surface area contributed by atoms with Crippen LogP contribution in [-0.2, 0) is 11.0 Å². The molecule has 2 aromatic rings. The average molecular weight is 369 g/mol. The van der Waals surface area contributed by atoms with Crippen molar-refractivity contribution in [3.05, 3.63) is 58.6 Å². The van der Waals surface area contributed by atoms with Gasteiger partial charge in [-0.1, -0.05) is 17.7 Å². The Morgan fingerprint density at radius 2 is 2.00 bits per heavy atom. The Kier molecular flexibility index (Phi) is 5.55. The van der Waals surface area contributed by atoms with Crippen molar-refractivity contribution in [1.82, 2.24) is 0 Å². The maximum absolute atomic E-state index is 12.7. The fourth-order valence-electron chi connectivity index (χ4n) is 1.93. The predicted molar refractivity (Wildman–Crippen MR) is 86.3 cm³/mol. The number of benzene rings is 2. The first-order chi connectivity index (χ1) is 11.7. The molecular formula is C17H12ClF3N2O2. The first-order valence-corrected chi connectivity index (χ1v) is 7.43. The van der Waals surface area contributed by atoms with Crippen molar-refractivity contribution in [3.63, 3.8) is 0 Å². The molecule has 0 spiro atoms. The van der Waals surface area contributed by atoms with E-state index in [1.807, 2.05) is 6.07 Å². The van der Waals surface area contributed by atoms with E-state index in [4.69, 9.17) is 21.6 Å². The molecule has 0 radical (unpaired) electrons. The average Bonchev–Trinajstić information content (AvgIpc) is 2.56. The zero-order valence-corrected chi connectivity index (χ0v) is 13.7. The lowest BCUT2D eigenvalue weighted by Gasteiger charge is -2.16. The van der Waals surface area contributed by atoms with Crippen LogP contribution in [0, 0.1) is 11.3 Å². The lowest BCUT2D eigenvalue weighted by molar-refractivity contribution is -0.137. The van der Waals surface area contributed by atoms with Crippen molar-refractivity contribution >= 4 is 23.2 Å². The number of nitrogens with one attached hydrogen (secondary N) is 1. The van der Waals surface area contributed by atoms with Crippen molar-refractivity contribution in [1.29, 1.82) is 5.26 Å². The number of ether oxygens (including phenoxy) is 1. The van der Waals surface area contributed by atoms with E-state index in [0.29, 0.717) is 5.56 Å². The fourth-order valence-corrected chi connectivity index (χ4v) is 2.15. The molecule has 0 aliphatic heterocycles. The zero-order chi connectivity index (χ0) is 18.6. The summed E-state index contributed by atoms with van der Waals surface area (Å²) in [6.07, 6.45) is -5.52. The SMILES string of the molecule is C[C@@H](Oc1ccc(C#N)cc1Cl)C(=O)Nc1cccc(C(F)(F)F)c1. The summed E-state index contributed by atoms with van der Waals surface area (Å²) in [6, 6.07) is 10.5. The summed E-state index contributed by atoms with van der Waals surface area (Å²) in [5.41, 5.74) is -0.534. The van der Waals surface area contributed by atoms with E-state index in [2.05, 4.69) is 5.32 Å². The second-order valence-electron chi connectivity index (χ2n) is 5.08. The van der Waals surface area contributed by atoms with Crippen LogP contribution in [0.1, 0.15) is 18.1 Å². The molecule has 0 saturated heterocycles. The molecule has 0 aliphatic rings. The molecule has 1 N–H and O–H groups in total. The molecule has 130 valence electrons. The molecule has 8 heteroatoms. The van der Waals surface area contributed by atoms with Gasteiger partial charge in [-0.05, 0) is 43.3 Å². The molecule has 0 bridgehead atoms. The Morgan fingerprint density at radius 1 is 1.28 bits per heavy atom. The zero-order valence-electron chi connectivity index (χ0n) is 12.9. The predicted octanol–water partition coefficient (Wildman–Crippen LogP) is 4.64. The van der Waals surface area contributed by atoms with Gasteiger partial charge in [0.1, 0.15) is 5.75 Å². The highest BCUT2D eigenvalue weighted by molar-refractivity contribution is 6.32. The Morgan fingerprint density at radius 3 is 2.60 bits per heavy atom. The highest BCUT2D eigenvalue weighted by Gasteiger charge is 2.30. The number of rotatable bonds is 4. The van der Waals surface area contributed by atoms with Gasteiger partial charge in [0.25, 0.3) is 5.91 Å². The number of nitrogens with zero attached hydrogens (tertiary/aromatic N) is 1. The minimum absolute atomic E-state index is 0.00111. The quantitative estimate of drug-likeness (QED) is 0.855. The third-order valence-electron chi connectivity index (χ3n) is 3.19. The summed E-state index contributed by atoms with van der Waals surface area (Å²) in [6.45, 7) is 1.43. The normalized spacial score (nSPS) is 12.2. The molecule has 1 atom stereocenters. The van der Waals surface area contributed by atoms with Gasteiger partial charge in [0.15, 0.2) is 6.10 Å². The molecule has 2 aromatic carbocycles. The maximum Gasteiger partial charge on any atom is 0.416 e. The first kappa shape index (κ1) is 18.6. The summed E-state index contributed by atoms with van der Waals surface area (Å²) in [7, 11) is 0. The van der Waals surface area contributed by atoms with E-state index in [-0.39, 0.29) is 16.5 Å². The summed E-state index contributed by atoms with van der Waals surface area (Å²) in [4.78, 5) is 12.1. The Hall–Kier alpha value is -2.72. The first-order valence-electron chi connectivity index (χ1n) is 7.05. The number of nitriles is 1. The minimum atomic E-state index is -4.50. The number of amides is 1. The van der Waals surface area contributed by atoms with Crippen LogP contribution in [0.15, 0.2) is 42.5 Å². The van der Waals surface area contributed by atoms with Crippen LogP contribution in [-0.4, -0.2) is 12.0 Å². The number of hydrogen-bond acceptors (Lipinski definition) is 3. The Bertz CT molecular complexity index is 831. The number of halogens is 4. The second-order valence-corrected chi connectivity index (χ2v) is 5.49. The number of carbonyl (C=O) groups excluding carboxylic acids is 1. The van der Waals surface area contributed by atoms with Crippen LogP contribution >= 0.6 is 11.6 Å². The fraction of sp³-hybridized carbons (Fsp3) is 0.176. The van der Waals surface area contributed by atoms with Crippen molar-refractivity contribution in [2.24, 2.45) is 0 Å². The standard InChI is InChI=1S/C17H12ClF3N2O2/c1-10(25-15-6-5-11(9-22)7-14(15)18)16(24)23-13-4-2-3-12(8-13)17(19,20)21/h2-8,10H,1H3,(H,23,24)/t10-/m1/s1. The van der Waals surface area contributed by atoms with Crippen LogP contribution in [0.25, 0.3) is 0 Å². The van der Waals surface area contributed by atoms with Gasteiger partial charge >= 0.3 is 6.18 Å². The second kappa shape index (κ2) is 7.45. The highest BCUT2D eigenvalue weighted by Crippen LogP contribution is 2.31. The van der Waals surface area contributed by atoms with Gasteiger partial charge in [-0.15, -0.1) is 0 Å². The van der Waals surface area contributed by atoms with Gasteiger partial charge in [0, 0.05) is 5.69 Å². The summed E-state index contributed by atoms with van der Waals surface area (Å²) < 4.78 is 43.4. The topological polar surface area (TPSA) is 62.1 Å². The monoisotopic (exact) mass is 368 g/mol. The number of alkyl halides is 3. The van der Waals surface area contributed by atoms with E-state index in [9.17, 15) is 18.0 Å². The molecule has 0 saturated carbocycles.